The van der Waals surface area contributed by atoms with Crippen LogP contribution in [0.15, 0.2) is 35.6 Å². The van der Waals surface area contributed by atoms with E-state index in [4.69, 9.17) is 4.74 Å². The number of nitrogens with one attached hydrogen (secondary N) is 3. The molecular weight excluding hydrogens is 590 g/mol. The average molecular weight is 625 g/mol. The number of imidazole rings is 1. The van der Waals surface area contributed by atoms with Gasteiger partial charge in [-0.25, -0.2) is 14.8 Å². The van der Waals surface area contributed by atoms with E-state index in [2.05, 4.69) is 37.8 Å². The maximum atomic E-state index is 13.6. The highest BCUT2D eigenvalue weighted by Crippen LogP contribution is 2.32. The van der Waals surface area contributed by atoms with Crippen molar-refractivity contribution in [1.82, 2.24) is 29.5 Å². The molecule has 232 valence electrons. The standard InChI is InChI=1S/C30H34F2N8O3S/c1-43-24-17-20-4-5-22(24)33-10-2-3-23-28(44-29(31)32)40-16-12-34-25(26(40)37-23)36-21-8-14-38(15-9-21)30(42)39-13-7-19(18-39)6-11-35-27(20)41/h4-5,12,16-17,19,21,29,33H,6-11,13-15,18H2,1H3,(H,34,36)(H,35,41)/t19-/m0/s1. The van der Waals surface area contributed by atoms with Crippen LogP contribution in [-0.2, 0) is 0 Å². The minimum Gasteiger partial charge on any atom is -0.495 e. The van der Waals surface area contributed by atoms with E-state index in [1.54, 1.807) is 35.0 Å². The third-order valence-electron chi connectivity index (χ3n) is 8.24. The van der Waals surface area contributed by atoms with E-state index in [9.17, 15) is 18.4 Å². The Morgan fingerprint density at radius 1 is 1.09 bits per heavy atom. The van der Waals surface area contributed by atoms with Gasteiger partial charge in [0, 0.05) is 56.7 Å². The Bertz CT molecular complexity index is 1600. The van der Waals surface area contributed by atoms with Gasteiger partial charge in [0.25, 0.3) is 11.7 Å². The summed E-state index contributed by atoms with van der Waals surface area (Å²) in [6.07, 6.45) is 6.30. The smallest absolute Gasteiger partial charge is 0.320 e. The number of amides is 3. The number of benzene rings is 1. The van der Waals surface area contributed by atoms with Crippen LogP contribution in [0.5, 0.6) is 5.75 Å². The fourth-order valence-electron chi connectivity index (χ4n) is 5.92. The number of rotatable bonds is 3. The molecule has 3 N–H and O–H groups in total. The fraction of sp³-hybridized carbons (Fsp3) is 0.467. The lowest BCUT2D eigenvalue weighted by atomic mass is 10.0. The molecule has 8 bridgehead atoms. The van der Waals surface area contributed by atoms with Crippen molar-refractivity contribution < 1.29 is 23.1 Å². The van der Waals surface area contributed by atoms with Crippen molar-refractivity contribution in [3.05, 3.63) is 41.9 Å². The first-order valence-electron chi connectivity index (χ1n) is 14.7. The number of urea groups is 1. The van der Waals surface area contributed by atoms with Gasteiger partial charge in [0.1, 0.15) is 16.5 Å². The number of alkyl halides is 2. The molecule has 2 aromatic heterocycles. The van der Waals surface area contributed by atoms with E-state index < -0.39 is 5.76 Å². The zero-order chi connectivity index (χ0) is 30.6. The number of hydrogen-bond donors (Lipinski definition) is 3. The highest BCUT2D eigenvalue weighted by Gasteiger charge is 2.32. The third-order valence-corrected chi connectivity index (χ3v) is 9.03. The van der Waals surface area contributed by atoms with E-state index in [0.717, 1.165) is 25.7 Å². The van der Waals surface area contributed by atoms with Crippen LogP contribution >= 0.6 is 11.8 Å². The van der Waals surface area contributed by atoms with Gasteiger partial charge in [-0.2, -0.15) is 8.78 Å². The summed E-state index contributed by atoms with van der Waals surface area (Å²) in [5.41, 5.74) is 1.74. The van der Waals surface area contributed by atoms with Crippen molar-refractivity contribution >= 4 is 40.9 Å². The third kappa shape index (κ3) is 6.47. The van der Waals surface area contributed by atoms with Crippen LogP contribution in [0, 0.1) is 17.8 Å². The number of carbonyl (C=O) groups is 2. The molecular formula is C30H34F2N8O3S. The topological polar surface area (TPSA) is 116 Å². The number of piperidine rings is 1. The lowest BCUT2D eigenvalue weighted by molar-refractivity contribution is 0.0950. The van der Waals surface area contributed by atoms with Crippen LogP contribution in [0.1, 0.15) is 41.7 Å². The maximum Gasteiger partial charge on any atom is 0.320 e. The van der Waals surface area contributed by atoms with Gasteiger partial charge in [0.15, 0.2) is 11.5 Å². The molecule has 0 saturated carbocycles. The Kier molecular flexibility index (Phi) is 8.92. The minimum absolute atomic E-state index is 0.0463. The summed E-state index contributed by atoms with van der Waals surface area (Å²) in [4.78, 5) is 39.0. The van der Waals surface area contributed by atoms with Crippen LogP contribution in [0.4, 0.5) is 25.1 Å². The van der Waals surface area contributed by atoms with E-state index in [1.807, 2.05) is 9.80 Å². The molecule has 44 heavy (non-hydrogen) atoms. The van der Waals surface area contributed by atoms with Crippen LogP contribution in [0.25, 0.3) is 5.65 Å². The quantitative estimate of drug-likeness (QED) is 0.296. The molecule has 0 aliphatic carbocycles. The van der Waals surface area contributed by atoms with Gasteiger partial charge < -0.3 is 30.5 Å². The number of nitrogens with zero attached hydrogens (tertiary/aromatic N) is 5. The SMILES string of the molecule is COc1cc2ccc1NCC#Cc1nc3c(nccn3c1SC(F)F)NC1CCN(CC1)C(=O)N1CC[C@H](CCNC2=O)C1. The molecule has 1 aromatic carbocycles. The van der Waals surface area contributed by atoms with Gasteiger partial charge in [-0.05, 0) is 67.5 Å². The summed E-state index contributed by atoms with van der Waals surface area (Å²) in [5, 5.41) is 9.82. The summed E-state index contributed by atoms with van der Waals surface area (Å²) in [5.74, 6) is 4.33. The molecule has 0 unspecified atom stereocenters. The zero-order valence-electron chi connectivity index (χ0n) is 24.3. The number of methoxy groups -OCH3 is 1. The molecule has 2 saturated heterocycles. The van der Waals surface area contributed by atoms with Crippen molar-refractivity contribution in [2.24, 2.45) is 5.92 Å². The Hall–Kier alpha value is -4.25. The molecule has 3 aromatic rings. The number of halogens is 2. The molecule has 9 rings (SSSR count). The molecule has 6 aliphatic heterocycles. The lowest BCUT2D eigenvalue weighted by Gasteiger charge is -2.35. The largest absolute Gasteiger partial charge is 0.495 e. The van der Waals surface area contributed by atoms with Gasteiger partial charge in [0.05, 0.1) is 19.3 Å². The van der Waals surface area contributed by atoms with Gasteiger partial charge >= 0.3 is 6.03 Å². The van der Waals surface area contributed by atoms with Crippen molar-refractivity contribution in [3.8, 4) is 17.6 Å². The number of carbonyl (C=O) groups excluding carboxylic acids is 2. The number of hydrogen-bond acceptors (Lipinski definition) is 8. The van der Waals surface area contributed by atoms with Crippen molar-refractivity contribution in [2.45, 2.75) is 42.5 Å². The predicted molar refractivity (Wildman–Crippen MR) is 163 cm³/mol. The van der Waals surface area contributed by atoms with Crippen LogP contribution in [0.2, 0.25) is 0 Å². The second-order valence-corrected chi connectivity index (χ2v) is 12.0. The number of thioether (sulfide) groups is 1. The minimum atomic E-state index is -2.66. The van der Waals surface area contributed by atoms with E-state index in [-0.39, 0.29) is 35.2 Å². The van der Waals surface area contributed by atoms with E-state index in [0.29, 0.717) is 78.9 Å². The number of aromatic nitrogens is 3. The van der Waals surface area contributed by atoms with Gasteiger partial charge in [-0.3, -0.25) is 9.20 Å². The molecule has 8 heterocycles. The first kappa shape index (κ1) is 29.8. The fourth-order valence-corrected chi connectivity index (χ4v) is 6.56. The van der Waals surface area contributed by atoms with Crippen molar-refractivity contribution in [1.29, 1.82) is 0 Å². The monoisotopic (exact) mass is 624 g/mol. The van der Waals surface area contributed by atoms with E-state index in [1.165, 1.54) is 7.11 Å². The first-order chi connectivity index (χ1) is 21.4. The molecule has 6 aliphatic rings. The molecule has 0 radical (unpaired) electrons. The highest BCUT2D eigenvalue weighted by molar-refractivity contribution is 7.99. The maximum absolute atomic E-state index is 13.6. The molecule has 11 nitrogen and oxygen atoms in total. The second kappa shape index (κ2) is 13.2. The average Bonchev–Trinajstić information content (AvgIpc) is 3.64. The molecule has 0 spiro atoms. The van der Waals surface area contributed by atoms with Gasteiger partial charge in [-0.1, -0.05) is 5.92 Å². The summed E-state index contributed by atoms with van der Waals surface area (Å²) in [7, 11) is 1.52. The summed E-state index contributed by atoms with van der Waals surface area (Å²) >= 11 is 0.385. The zero-order valence-corrected chi connectivity index (χ0v) is 25.1. The first-order valence-corrected chi connectivity index (χ1v) is 15.6. The van der Waals surface area contributed by atoms with Crippen molar-refractivity contribution in [3.63, 3.8) is 0 Å². The normalized spacial score (nSPS) is 21.0. The number of ether oxygens (including phenoxy) is 1. The summed E-state index contributed by atoms with van der Waals surface area (Å²) < 4.78 is 34.2. The second-order valence-electron chi connectivity index (χ2n) is 11.0. The van der Waals surface area contributed by atoms with Crippen LogP contribution < -0.4 is 20.7 Å². The summed E-state index contributed by atoms with van der Waals surface area (Å²) in [6, 6.07) is 5.20. The predicted octanol–water partition coefficient (Wildman–Crippen LogP) is 3.97. The Morgan fingerprint density at radius 2 is 1.91 bits per heavy atom. The van der Waals surface area contributed by atoms with E-state index >= 15 is 0 Å². The Labute approximate surface area is 258 Å². The lowest BCUT2D eigenvalue weighted by Crippen LogP contribution is -2.48. The summed E-state index contributed by atoms with van der Waals surface area (Å²) in [6.45, 7) is 3.29. The van der Waals surface area contributed by atoms with Gasteiger partial charge in [-0.15, -0.1) is 0 Å². The van der Waals surface area contributed by atoms with Crippen LogP contribution in [-0.4, -0.2) is 94.3 Å². The Balaban J connectivity index is 1.29. The Morgan fingerprint density at radius 3 is 2.70 bits per heavy atom. The molecule has 3 amide bonds. The molecule has 14 heteroatoms. The van der Waals surface area contributed by atoms with Gasteiger partial charge in [0.2, 0.25) is 0 Å². The van der Waals surface area contributed by atoms with Crippen LogP contribution in [0.3, 0.4) is 0 Å². The molecule has 1 atom stereocenters. The highest BCUT2D eigenvalue weighted by atomic mass is 32.2. The number of anilines is 2. The molecule has 2 fully saturated rings. The van der Waals surface area contributed by atoms with Crippen molar-refractivity contribution in [2.75, 3.05) is 57.0 Å².